The number of pyridine rings is 1. The number of hydrogen-bond donors (Lipinski definition) is 0. The molecule has 0 unspecified atom stereocenters. The normalized spacial score (nSPS) is 10.5. The Hall–Kier alpha value is -1.42. The van der Waals surface area contributed by atoms with Crippen molar-refractivity contribution in [3.8, 4) is 0 Å². The molecule has 0 saturated heterocycles. The number of aromatic nitrogens is 1. The first-order valence-electron chi connectivity index (χ1n) is 5.81. The molecule has 1 aromatic rings. The van der Waals surface area contributed by atoms with Gasteiger partial charge in [0.1, 0.15) is 6.61 Å². The molecule has 1 aromatic heterocycles. The van der Waals surface area contributed by atoms with Gasteiger partial charge >= 0.3 is 5.97 Å². The first-order valence-corrected chi connectivity index (χ1v) is 5.81. The monoisotopic (exact) mass is 237 g/mol. The molecule has 0 aliphatic heterocycles. The van der Waals surface area contributed by atoms with Gasteiger partial charge in [-0.05, 0) is 18.1 Å². The maximum Gasteiger partial charge on any atom is 0.308 e. The van der Waals surface area contributed by atoms with Crippen molar-refractivity contribution in [3.63, 3.8) is 0 Å². The quantitative estimate of drug-likeness (QED) is 0.538. The van der Waals surface area contributed by atoms with E-state index < -0.39 is 0 Å². The van der Waals surface area contributed by atoms with E-state index in [1.165, 1.54) is 0 Å². The Labute approximate surface area is 102 Å². The molecule has 0 aromatic carbocycles. The van der Waals surface area contributed by atoms with E-state index in [0.717, 1.165) is 5.69 Å². The fraction of sp³-hybridized carbons (Fsp3) is 0.538. The van der Waals surface area contributed by atoms with E-state index >= 15 is 0 Å². The summed E-state index contributed by atoms with van der Waals surface area (Å²) in [6.45, 7) is 5.45. The van der Waals surface area contributed by atoms with Crippen molar-refractivity contribution in [1.82, 2.24) is 4.98 Å². The molecule has 1 heterocycles. The summed E-state index contributed by atoms with van der Waals surface area (Å²) in [4.78, 5) is 15.4. The largest absolute Gasteiger partial charge is 0.459 e. The summed E-state index contributed by atoms with van der Waals surface area (Å²) in [5, 5.41) is 0. The predicted octanol–water partition coefficient (Wildman–Crippen LogP) is 2.19. The average Bonchev–Trinajstić information content (AvgIpc) is 2.33. The highest BCUT2D eigenvalue weighted by molar-refractivity contribution is 5.69. The van der Waals surface area contributed by atoms with E-state index in [1.807, 2.05) is 18.2 Å². The Morgan fingerprint density at radius 3 is 2.88 bits per heavy atom. The SMILES string of the molecule is CC(C)COCCC(=O)OCc1ccccn1. The molecule has 0 aliphatic carbocycles. The topological polar surface area (TPSA) is 48.4 Å². The van der Waals surface area contributed by atoms with Gasteiger partial charge in [-0.15, -0.1) is 0 Å². The minimum absolute atomic E-state index is 0.226. The number of carbonyl (C=O) groups excluding carboxylic acids is 1. The van der Waals surface area contributed by atoms with Gasteiger partial charge in [-0.25, -0.2) is 0 Å². The van der Waals surface area contributed by atoms with E-state index in [1.54, 1.807) is 6.20 Å². The molecule has 17 heavy (non-hydrogen) atoms. The fourth-order valence-electron chi connectivity index (χ4n) is 1.18. The summed E-state index contributed by atoms with van der Waals surface area (Å²) in [6, 6.07) is 5.51. The summed E-state index contributed by atoms with van der Waals surface area (Å²) in [6.07, 6.45) is 1.97. The summed E-state index contributed by atoms with van der Waals surface area (Å²) in [5.41, 5.74) is 0.754. The van der Waals surface area contributed by atoms with Crippen LogP contribution in [0, 0.1) is 5.92 Å². The van der Waals surface area contributed by atoms with Crippen LogP contribution in [0.1, 0.15) is 26.0 Å². The van der Waals surface area contributed by atoms with Crippen molar-refractivity contribution in [2.24, 2.45) is 5.92 Å². The molecule has 4 nitrogen and oxygen atoms in total. The number of esters is 1. The van der Waals surface area contributed by atoms with Gasteiger partial charge in [0.2, 0.25) is 0 Å². The van der Waals surface area contributed by atoms with Crippen molar-refractivity contribution >= 4 is 5.97 Å². The zero-order valence-corrected chi connectivity index (χ0v) is 10.4. The second kappa shape index (κ2) is 7.79. The molecule has 94 valence electrons. The molecule has 0 saturated carbocycles. The van der Waals surface area contributed by atoms with Crippen LogP contribution in [-0.4, -0.2) is 24.2 Å². The molecular formula is C13H19NO3. The number of ether oxygens (including phenoxy) is 2. The molecular weight excluding hydrogens is 218 g/mol. The van der Waals surface area contributed by atoms with Crippen molar-refractivity contribution in [2.45, 2.75) is 26.9 Å². The molecule has 0 atom stereocenters. The molecule has 0 aliphatic rings. The van der Waals surface area contributed by atoms with E-state index in [2.05, 4.69) is 18.8 Å². The fourth-order valence-corrected chi connectivity index (χ4v) is 1.18. The second-order valence-electron chi connectivity index (χ2n) is 4.20. The smallest absolute Gasteiger partial charge is 0.308 e. The van der Waals surface area contributed by atoms with Crippen LogP contribution < -0.4 is 0 Å². The van der Waals surface area contributed by atoms with E-state index in [9.17, 15) is 4.79 Å². The number of hydrogen-bond acceptors (Lipinski definition) is 4. The Bertz CT molecular complexity index is 325. The van der Waals surface area contributed by atoms with Gasteiger partial charge < -0.3 is 9.47 Å². The van der Waals surface area contributed by atoms with Crippen LogP contribution in [0.25, 0.3) is 0 Å². The van der Waals surface area contributed by atoms with Gasteiger partial charge in [0.15, 0.2) is 0 Å². The second-order valence-corrected chi connectivity index (χ2v) is 4.20. The van der Waals surface area contributed by atoms with Gasteiger partial charge in [-0.3, -0.25) is 9.78 Å². The standard InChI is InChI=1S/C13H19NO3/c1-11(2)9-16-8-6-13(15)17-10-12-5-3-4-7-14-12/h3-5,7,11H,6,8-10H2,1-2H3. The maximum absolute atomic E-state index is 11.3. The van der Waals surface area contributed by atoms with Gasteiger partial charge in [0.25, 0.3) is 0 Å². The highest BCUT2D eigenvalue weighted by Crippen LogP contribution is 1.99. The summed E-state index contributed by atoms with van der Waals surface area (Å²) < 4.78 is 10.4. The number of rotatable bonds is 7. The van der Waals surface area contributed by atoms with Crippen LogP contribution in [0.3, 0.4) is 0 Å². The Morgan fingerprint density at radius 1 is 1.41 bits per heavy atom. The lowest BCUT2D eigenvalue weighted by Gasteiger charge is -2.07. The minimum atomic E-state index is -0.251. The lowest BCUT2D eigenvalue weighted by Crippen LogP contribution is -2.10. The zero-order valence-electron chi connectivity index (χ0n) is 10.4. The lowest BCUT2D eigenvalue weighted by molar-refractivity contribution is -0.146. The van der Waals surface area contributed by atoms with Crippen molar-refractivity contribution in [1.29, 1.82) is 0 Å². The highest BCUT2D eigenvalue weighted by atomic mass is 16.5. The molecule has 0 spiro atoms. The van der Waals surface area contributed by atoms with Gasteiger partial charge in [0, 0.05) is 12.8 Å². The van der Waals surface area contributed by atoms with Crippen molar-refractivity contribution in [2.75, 3.05) is 13.2 Å². The lowest BCUT2D eigenvalue weighted by atomic mass is 10.2. The molecule has 0 fully saturated rings. The highest BCUT2D eigenvalue weighted by Gasteiger charge is 2.04. The molecule has 4 heteroatoms. The van der Waals surface area contributed by atoms with Gasteiger partial charge in [0.05, 0.1) is 18.7 Å². The first kappa shape index (κ1) is 13.6. The van der Waals surface area contributed by atoms with Crippen LogP contribution in [0.4, 0.5) is 0 Å². The Balaban J connectivity index is 2.09. The predicted molar refractivity (Wildman–Crippen MR) is 64.3 cm³/mol. The van der Waals surface area contributed by atoms with Crippen LogP contribution in [0.5, 0.6) is 0 Å². The Morgan fingerprint density at radius 2 is 2.24 bits per heavy atom. The van der Waals surface area contributed by atoms with Crippen LogP contribution >= 0.6 is 0 Å². The van der Waals surface area contributed by atoms with Crippen molar-refractivity contribution < 1.29 is 14.3 Å². The van der Waals surface area contributed by atoms with E-state index in [4.69, 9.17) is 9.47 Å². The number of carbonyl (C=O) groups is 1. The van der Waals surface area contributed by atoms with Crippen LogP contribution in [0.15, 0.2) is 24.4 Å². The molecule has 1 rings (SSSR count). The molecule has 0 radical (unpaired) electrons. The Kier molecular flexibility index (Phi) is 6.25. The van der Waals surface area contributed by atoms with Crippen LogP contribution in [0.2, 0.25) is 0 Å². The van der Waals surface area contributed by atoms with E-state index in [-0.39, 0.29) is 12.6 Å². The third-order valence-electron chi connectivity index (χ3n) is 2.01. The number of nitrogens with zero attached hydrogens (tertiary/aromatic N) is 1. The van der Waals surface area contributed by atoms with Gasteiger partial charge in [-0.2, -0.15) is 0 Å². The van der Waals surface area contributed by atoms with Crippen LogP contribution in [-0.2, 0) is 20.9 Å². The summed E-state index contributed by atoms with van der Waals surface area (Å²) >= 11 is 0. The maximum atomic E-state index is 11.3. The molecule has 0 amide bonds. The summed E-state index contributed by atoms with van der Waals surface area (Å²) in [5.74, 6) is 0.235. The van der Waals surface area contributed by atoms with Crippen molar-refractivity contribution in [3.05, 3.63) is 30.1 Å². The average molecular weight is 237 g/mol. The zero-order chi connectivity index (χ0) is 12.5. The third-order valence-corrected chi connectivity index (χ3v) is 2.01. The molecule has 0 bridgehead atoms. The minimum Gasteiger partial charge on any atom is -0.459 e. The van der Waals surface area contributed by atoms with E-state index in [0.29, 0.717) is 25.6 Å². The molecule has 0 N–H and O–H groups in total. The first-order chi connectivity index (χ1) is 8.18. The third kappa shape index (κ3) is 6.68. The summed E-state index contributed by atoms with van der Waals surface area (Å²) in [7, 11) is 0. The van der Waals surface area contributed by atoms with Gasteiger partial charge in [-0.1, -0.05) is 19.9 Å².